The minimum absolute atomic E-state index is 0.200. The van der Waals surface area contributed by atoms with E-state index in [1.807, 2.05) is 42.5 Å². The zero-order valence-electron chi connectivity index (χ0n) is 12.8. The van der Waals surface area contributed by atoms with Crippen molar-refractivity contribution in [2.75, 3.05) is 6.54 Å². The molecule has 1 aliphatic heterocycles. The summed E-state index contributed by atoms with van der Waals surface area (Å²) >= 11 is 6.02. The lowest BCUT2D eigenvalue weighted by atomic mass is 9.88. The Hall–Kier alpha value is -2.66. The molecule has 1 heterocycles. The van der Waals surface area contributed by atoms with Gasteiger partial charge in [-0.25, -0.2) is 5.43 Å². The monoisotopic (exact) mass is 341 g/mol. The minimum Gasteiger partial charge on any atom is -0.355 e. The average Bonchev–Trinajstić information content (AvgIpc) is 2.99. The van der Waals surface area contributed by atoms with Gasteiger partial charge in [0.2, 0.25) is 5.91 Å². The Morgan fingerprint density at radius 3 is 2.62 bits per heavy atom. The summed E-state index contributed by atoms with van der Waals surface area (Å²) < 4.78 is 0. The summed E-state index contributed by atoms with van der Waals surface area (Å²) in [6.07, 6.45) is 1.46. The minimum atomic E-state index is -0.796. The number of carbonyl (C=O) groups excluding carboxylic acids is 2. The molecule has 2 atom stereocenters. The Labute approximate surface area is 144 Å². The molecule has 2 aromatic rings. The van der Waals surface area contributed by atoms with Gasteiger partial charge in [-0.05, 0) is 11.6 Å². The molecule has 3 rings (SSSR count). The van der Waals surface area contributed by atoms with E-state index in [1.165, 1.54) is 6.21 Å². The van der Waals surface area contributed by atoms with Crippen molar-refractivity contribution in [1.29, 1.82) is 0 Å². The molecule has 122 valence electrons. The highest BCUT2D eigenvalue weighted by Gasteiger charge is 2.40. The van der Waals surface area contributed by atoms with Crippen molar-refractivity contribution in [3.8, 4) is 0 Å². The molecule has 1 fully saturated rings. The van der Waals surface area contributed by atoms with Gasteiger partial charge in [-0.3, -0.25) is 9.59 Å². The molecule has 0 bridgehead atoms. The summed E-state index contributed by atoms with van der Waals surface area (Å²) in [5.41, 5.74) is 4.08. The smallest absolute Gasteiger partial charge is 0.253 e. The number of nitrogens with one attached hydrogen (secondary N) is 2. The predicted molar refractivity (Wildman–Crippen MR) is 92.9 cm³/mol. The summed E-state index contributed by atoms with van der Waals surface area (Å²) in [5, 5.41) is 7.20. The SMILES string of the molecule is O=C1NCC(c2ccccc2)C1C(=O)N/N=C\c1ccccc1Cl. The lowest BCUT2D eigenvalue weighted by Gasteiger charge is -2.15. The number of nitrogens with zero attached hydrogens (tertiary/aromatic N) is 1. The quantitative estimate of drug-likeness (QED) is 0.509. The molecule has 1 aliphatic rings. The highest BCUT2D eigenvalue weighted by molar-refractivity contribution is 6.33. The van der Waals surface area contributed by atoms with E-state index in [2.05, 4.69) is 15.8 Å². The predicted octanol–water partition coefficient (Wildman–Crippen LogP) is 2.32. The van der Waals surface area contributed by atoms with Crippen molar-refractivity contribution in [2.24, 2.45) is 11.0 Å². The van der Waals surface area contributed by atoms with Gasteiger partial charge in [0.25, 0.3) is 5.91 Å². The number of carbonyl (C=O) groups is 2. The average molecular weight is 342 g/mol. The number of amides is 2. The zero-order chi connectivity index (χ0) is 16.9. The van der Waals surface area contributed by atoms with Crippen LogP contribution < -0.4 is 10.7 Å². The van der Waals surface area contributed by atoms with E-state index in [-0.39, 0.29) is 11.8 Å². The van der Waals surface area contributed by atoms with Crippen molar-refractivity contribution in [3.05, 3.63) is 70.7 Å². The molecular weight excluding hydrogens is 326 g/mol. The molecule has 2 aromatic carbocycles. The van der Waals surface area contributed by atoms with Crippen LogP contribution in [0.15, 0.2) is 59.7 Å². The van der Waals surface area contributed by atoms with E-state index in [4.69, 9.17) is 11.6 Å². The van der Waals surface area contributed by atoms with Gasteiger partial charge in [-0.15, -0.1) is 0 Å². The normalized spacial score (nSPS) is 20.1. The maximum atomic E-state index is 12.4. The molecule has 6 heteroatoms. The Kier molecular flexibility index (Phi) is 4.91. The summed E-state index contributed by atoms with van der Waals surface area (Å²) in [7, 11) is 0. The number of hydrogen-bond donors (Lipinski definition) is 2. The summed E-state index contributed by atoms with van der Waals surface area (Å²) in [5.74, 6) is -1.71. The van der Waals surface area contributed by atoms with Gasteiger partial charge in [0.1, 0.15) is 5.92 Å². The van der Waals surface area contributed by atoms with Crippen LogP contribution in [-0.4, -0.2) is 24.6 Å². The van der Waals surface area contributed by atoms with Crippen LogP contribution in [0.3, 0.4) is 0 Å². The number of benzene rings is 2. The Morgan fingerprint density at radius 1 is 1.17 bits per heavy atom. The molecule has 5 nitrogen and oxygen atoms in total. The van der Waals surface area contributed by atoms with E-state index >= 15 is 0 Å². The zero-order valence-corrected chi connectivity index (χ0v) is 13.5. The van der Waals surface area contributed by atoms with Crippen molar-refractivity contribution in [1.82, 2.24) is 10.7 Å². The molecule has 0 saturated carbocycles. The standard InChI is InChI=1S/C18H16ClN3O2/c19-15-9-5-4-8-13(15)10-21-22-18(24)16-14(11-20-17(16)23)12-6-2-1-3-7-12/h1-10,14,16H,11H2,(H,20,23)(H,22,24)/b21-10-. The molecule has 0 radical (unpaired) electrons. The van der Waals surface area contributed by atoms with Gasteiger partial charge >= 0.3 is 0 Å². The van der Waals surface area contributed by atoms with E-state index < -0.39 is 11.8 Å². The fourth-order valence-corrected chi connectivity index (χ4v) is 2.93. The molecular formula is C18H16ClN3O2. The van der Waals surface area contributed by atoms with Gasteiger partial charge in [0.05, 0.1) is 6.21 Å². The molecule has 2 amide bonds. The van der Waals surface area contributed by atoms with Gasteiger partial charge < -0.3 is 5.32 Å². The lowest BCUT2D eigenvalue weighted by Crippen LogP contribution is -2.34. The van der Waals surface area contributed by atoms with E-state index in [0.29, 0.717) is 17.1 Å². The second-order valence-electron chi connectivity index (χ2n) is 5.50. The highest BCUT2D eigenvalue weighted by atomic mass is 35.5. The van der Waals surface area contributed by atoms with Crippen LogP contribution in [0.2, 0.25) is 5.02 Å². The lowest BCUT2D eigenvalue weighted by molar-refractivity contribution is -0.133. The number of hydrazone groups is 1. The van der Waals surface area contributed by atoms with Crippen molar-refractivity contribution in [3.63, 3.8) is 0 Å². The first kappa shape index (κ1) is 16.2. The van der Waals surface area contributed by atoms with Crippen LogP contribution in [0.1, 0.15) is 17.0 Å². The Balaban J connectivity index is 1.71. The molecule has 2 N–H and O–H groups in total. The molecule has 2 unspecified atom stereocenters. The van der Waals surface area contributed by atoms with Crippen molar-refractivity contribution < 1.29 is 9.59 Å². The molecule has 0 spiro atoms. The molecule has 1 saturated heterocycles. The second-order valence-corrected chi connectivity index (χ2v) is 5.90. The topological polar surface area (TPSA) is 70.6 Å². The first-order chi connectivity index (χ1) is 11.7. The van der Waals surface area contributed by atoms with E-state index in [0.717, 1.165) is 5.56 Å². The van der Waals surface area contributed by atoms with Crippen LogP contribution in [0.4, 0.5) is 0 Å². The molecule has 0 aliphatic carbocycles. The summed E-state index contributed by atoms with van der Waals surface area (Å²) in [6, 6.07) is 16.7. The third kappa shape index (κ3) is 3.46. The first-order valence-corrected chi connectivity index (χ1v) is 7.94. The Morgan fingerprint density at radius 2 is 1.88 bits per heavy atom. The maximum Gasteiger partial charge on any atom is 0.253 e. The first-order valence-electron chi connectivity index (χ1n) is 7.57. The van der Waals surface area contributed by atoms with Gasteiger partial charge in [-0.1, -0.05) is 60.1 Å². The maximum absolute atomic E-state index is 12.4. The van der Waals surface area contributed by atoms with Crippen LogP contribution >= 0.6 is 11.6 Å². The summed E-state index contributed by atoms with van der Waals surface area (Å²) in [6.45, 7) is 0.440. The summed E-state index contributed by atoms with van der Waals surface area (Å²) in [4.78, 5) is 24.4. The van der Waals surface area contributed by atoms with Gasteiger partial charge in [-0.2, -0.15) is 5.10 Å². The van der Waals surface area contributed by atoms with Crippen LogP contribution in [-0.2, 0) is 9.59 Å². The number of rotatable bonds is 4. The van der Waals surface area contributed by atoms with Crippen LogP contribution in [0.25, 0.3) is 0 Å². The molecule has 24 heavy (non-hydrogen) atoms. The van der Waals surface area contributed by atoms with Gasteiger partial charge in [0.15, 0.2) is 0 Å². The third-order valence-electron chi connectivity index (χ3n) is 3.97. The van der Waals surface area contributed by atoms with E-state index in [9.17, 15) is 9.59 Å². The molecule has 0 aromatic heterocycles. The number of hydrogen-bond acceptors (Lipinski definition) is 3. The van der Waals surface area contributed by atoms with E-state index in [1.54, 1.807) is 12.1 Å². The largest absolute Gasteiger partial charge is 0.355 e. The van der Waals surface area contributed by atoms with Crippen LogP contribution in [0, 0.1) is 5.92 Å². The Bertz CT molecular complexity index is 777. The van der Waals surface area contributed by atoms with Gasteiger partial charge in [0, 0.05) is 23.0 Å². The van der Waals surface area contributed by atoms with Crippen LogP contribution in [0.5, 0.6) is 0 Å². The number of halogens is 1. The van der Waals surface area contributed by atoms with Crippen molar-refractivity contribution in [2.45, 2.75) is 5.92 Å². The fraction of sp³-hybridized carbons (Fsp3) is 0.167. The highest BCUT2D eigenvalue weighted by Crippen LogP contribution is 2.28. The third-order valence-corrected chi connectivity index (χ3v) is 4.32. The fourth-order valence-electron chi connectivity index (χ4n) is 2.75. The second kappa shape index (κ2) is 7.27. The van der Waals surface area contributed by atoms with Crippen molar-refractivity contribution >= 4 is 29.6 Å².